The summed E-state index contributed by atoms with van der Waals surface area (Å²) in [6, 6.07) is 14.1. The number of carbonyl (C=O) groups is 3. The van der Waals surface area contributed by atoms with E-state index in [4.69, 9.17) is 9.47 Å². The van der Waals surface area contributed by atoms with Gasteiger partial charge in [-0.2, -0.15) is 0 Å². The van der Waals surface area contributed by atoms with Crippen molar-refractivity contribution in [3.63, 3.8) is 0 Å². The zero-order valence-electron chi connectivity index (χ0n) is 20.4. The summed E-state index contributed by atoms with van der Waals surface area (Å²) < 4.78 is 33.9. The van der Waals surface area contributed by atoms with Gasteiger partial charge in [-0.3, -0.25) is 9.00 Å². The smallest absolute Gasteiger partial charge is 0.407 e. The Hall–Kier alpha value is -3.24. The predicted molar refractivity (Wildman–Crippen MR) is 132 cm³/mol. The maximum absolute atomic E-state index is 12.5. The SMILES string of the molecule is CC(C)(C)OC(=O)CCC(C[C@@H](NC(=O)OCC1c2ccccc2-c2ccccc21)C(=O)O)S(=O)[O-]. The number of carbonyl (C=O) groups excluding carboxylic acids is 2. The quantitative estimate of drug-likeness (QED) is 0.359. The fraction of sp³-hybridized carbons (Fsp3) is 0.423. The van der Waals surface area contributed by atoms with E-state index in [9.17, 15) is 28.3 Å². The molecular formula is C26H30NO8S-. The number of fused-ring (bicyclic) bond motifs is 3. The van der Waals surface area contributed by atoms with Gasteiger partial charge in [-0.05, 0) is 55.9 Å². The molecule has 3 rings (SSSR count). The van der Waals surface area contributed by atoms with Crippen LogP contribution in [-0.2, 0) is 30.1 Å². The van der Waals surface area contributed by atoms with Gasteiger partial charge in [0.15, 0.2) is 0 Å². The molecule has 2 N–H and O–H groups in total. The molecule has 10 heteroatoms. The van der Waals surface area contributed by atoms with Crippen LogP contribution in [0.3, 0.4) is 0 Å². The maximum atomic E-state index is 12.5. The molecule has 1 amide bonds. The van der Waals surface area contributed by atoms with E-state index in [1.807, 2.05) is 48.5 Å². The normalized spacial score (nSPS) is 15.2. The lowest BCUT2D eigenvalue weighted by atomic mass is 9.98. The molecule has 0 aliphatic heterocycles. The highest BCUT2D eigenvalue weighted by Gasteiger charge is 2.31. The first-order valence-corrected chi connectivity index (χ1v) is 12.7. The topological polar surface area (TPSA) is 142 Å². The minimum absolute atomic E-state index is 0.0121. The Labute approximate surface area is 212 Å². The van der Waals surface area contributed by atoms with E-state index < -0.39 is 52.4 Å². The van der Waals surface area contributed by atoms with Gasteiger partial charge in [0.25, 0.3) is 0 Å². The number of benzene rings is 2. The molecule has 2 aromatic rings. The van der Waals surface area contributed by atoms with Crippen molar-refractivity contribution in [2.24, 2.45) is 0 Å². The third-order valence-corrected chi connectivity index (χ3v) is 6.77. The molecule has 0 saturated carbocycles. The molecule has 3 atom stereocenters. The number of carboxylic acids is 1. The van der Waals surface area contributed by atoms with E-state index in [0.29, 0.717) is 0 Å². The van der Waals surface area contributed by atoms with E-state index in [1.165, 1.54) is 0 Å². The van der Waals surface area contributed by atoms with Crippen molar-refractivity contribution >= 4 is 29.1 Å². The number of rotatable bonds is 10. The average Bonchev–Trinajstić information content (AvgIpc) is 3.12. The summed E-state index contributed by atoms with van der Waals surface area (Å²) in [5, 5.41) is 10.6. The van der Waals surface area contributed by atoms with Gasteiger partial charge in [-0.1, -0.05) is 59.6 Å². The second-order valence-corrected chi connectivity index (χ2v) is 10.8. The number of amides is 1. The van der Waals surface area contributed by atoms with Crippen LogP contribution in [0.1, 0.15) is 57.1 Å². The summed E-state index contributed by atoms with van der Waals surface area (Å²) in [6.45, 7) is 5.05. The second kappa shape index (κ2) is 11.7. The van der Waals surface area contributed by atoms with Crippen LogP contribution in [0.2, 0.25) is 0 Å². The number of aliphatic carboxylic acids is 1. The summed E-state index contributed by atoms with van der Waals surface area (Å²) in [7, 11) is 0. The molecule has 0 saturated heterocycles. The first-order chi connectivity index (χ1) is 17.0. The van der Waals surface area contributed by atoms with Gasteiger partial charge in [0.2, 0.25) is 0 Å². The zero-order valence-corrected chi connectivity index (χ0v) is 21.2. The van der Waals surface area contributed by atoms with Gasteiger partial charge in [-0.25, -0.2) is 9.59 Å². The number of ether oxygens (including phenoxy) is 2. The zero-order chi connectivity index (χ0) is 26.5. The minimum atomic E-state index is -2.66. The van der Waals surface area contributed by atoms with E-state index >= 15 is 0 Å². The largest absolute Gasteiger partial charge is 0.772 e. The van der Waals surface area contributed by atoms with Gasteiger partial charge in [0.05, 0.1) is 0 Å². The third kappa shape index (κ3) is 7.14. The van der Waals surface area contributed by atoms with Crippen molar-refractivity contribution in [1.82, 2.24) is 5.32 Å². The Morgan fingerprint density at radius 2 is 1.61 bits per heavy atom. The number of carboxylic acid groups (broad SMARTS) is 1. The van der Waals surface area contributed by atoms with Gasteiger partial charge in [0.1, 0.15) is 18.2 Å². The Kier molecular flexibility index (Phi) is 8.86. The second-order valence-electron chi connectivity index (χ2n) is 9.60. The standard InChI is InChI=1S/C26H31NO8S/c1-26(2,3)35-23(28)13-12-16(36(32)33)14-22(24(29)30)27-25(31)34-15-21-19-10-6-4-8-17(19)18-9-5-7-11-20(18)21/h4-11,16,21-22H,12-15H2,1-3H3,(H,27,31)(H,29,30)(H,32,33)/p-1/t16?,22-/m1/s1. The molecule has 1 aliphatic carbocycles. The highest BCUT2D eigenvalue weighted by atomic mass is 32.2. The Morgan fingerprint density at radius 3 is 2.11 bits per heavy atom. The summed E-state index contributed by atoms with van der Waals surface area (Å²) in [4.78, 5) is 36.2. The summed E-state index contributed by atoms with van der Waals surface area (Å²) >= 11 is -2.66. The fourth-order valence-electron chi connectivity index (χ4n) is 4.23. The van der Waals surface area contributed by atoms with Crippen molar-refractivity contribution in [3.8, 4) is 11.1 Å². The highest BCUT2D eigenvalue weighted by molar-refractivity contribution is 7.79. The lowest BCUT2D eigenvalue weighted by molar-refractivity contribution is -0.154. The Bertz CT molecular complexity index is 1100. The summed E-state index contributed by atoms with van der Waals surface area (Å²) in [6.07, 6.45) is -1.72. The van der Waals surface area contributed by atoms with Crippen LogP contribution in [0.25, 0.3) is 11.1 Å². The lowest BCUT2D eigenvalue weighted by Gasteiger charge is -2.25. The van der Waals surface area contributed by atoms with Gasteiger partial charge in [0, 0.05) is 17.6 Å². The monoisotopic (exact) mass is 516 g/mol. The van der Waals surface area contributed by atoms with Crippen LogP contribution < -0.4 is 5.32 Å². The predicted octanol–water partition coefficient (Wildman–Crippen LogP) is 3.74. The van der Waals surface area contributed by atoms with Crippen molar-refractivity contribution < 1.29 is 37.7 Å². The molecule has 0 spiro atoms. The summed E-state index contributed by atoms with van der Waals surface area (Å²) in [5.41, 5.74) is 3.39. The first-order valence-electron chi connectivity index (χ1n) is 11.6. The molecule has 36 heavy (non-hydrogen) atoms. The van der Waals surface area contributed by atoms with Crippen LogP contribution in [0, 0.1) is 0 Å². The molecule has 1 aliphatic rings. The molecule has 0 radical (unpaired) electrons. The van der Waals surface area contributed by atoms with Crippen molar-refractivity contribution in [2.45, 2.75) is 62.8 Å². The van der Waals surface area contributed by atoms with E-state index in [2.05, 4.69) is 5.32 Å². The molecular weight excluding hydrogens is 486 g/mol. The van der Waals surface area contributed by atoms with Gasteiger partial charge >= 0.3 is 18.0 Å². The number of nitrogens with one attached hydrogen (secondary N) is 1. The van der Waals surface area contributed by atoms with Crippen LogP contribution in [0.5, 0.6) is 0 Å². The first kappa shape index (κ1) is 27.3. The van der Waals surface area contributed by atoms with Gasteiger partial charge in [-0.15, -0.1) is 0 Å². The third-order valence-electron chi connectivity index (χ3n) is 5.80. The summed E-state index contributed by atoms with van der Waals surface area (Å²) in [5.74, 6) is -2.20. The molecule has 194 valence electrons. The van der Waals surface area contributed by atoms with Crippen LogP contribution in [0.15, 0.2) is 48.5 Å². The molecule has 0 aromatic heterocycles. The Balaban J connectivity index is 1.60. The molecule has 0 bridgehead atoms. The molecule has 0 heterocycles. The van der Waals surface area contributed by atoms with Crippen molar-refractivity contribution in [3.05, 3.63) is 59.7 Å². The van der Waals surface area contributed by atoms with Crippen LogP contribution >= 0.6 is 0 Å². The average molecular weight is 517 g/mol. The fourth-order valence-corrected chi connectivity index (χ4v) is 4.89. The van der Waals surface area contributed by atoms with Crippen LogP contribution in [-0.4, -0.2) is 55.4 Å². The number of hydrogen-bond acceptors (Lipinski definition) is 7. The number of esters is 1. The van der Waals surface area contributed by atoms with Crippen molar-refractivity contribution in [2.75, 3.05) is 6.61 Å². The van der Waals surface area contributed by atoms with Crippen LogP contribution in [0.4, 0.5) is 4.79 Å². The molecule has 2 aromatic carbocycles. The van der Waals surface area contributed by atoms with E-state index in [-0.39, 0.29) is 25.4 Å². The highest BCUT2D eigenvalue weighted by Crippen LogP contribution is 2.44. The molecule has 9 nitrogen and oxygen atoms in total. The minimum Gasteiger partial charge on any atom is -0.772 e. The number of alkyl carbamates (subject to hydrolysis) is 1. The maximum Gasteiger partial charge on any atom is 0.407 e. The van der Waals surface area contributed by atoms with Gasteiger partial charge < -0.3 is 24.4 Å². The van der Waals surface area contributed by atoms with Crippen molar-refractivity contribution in [1.29, 1.82) is 0 Å². The molecule has 0 fully saturated rings. The Morgan fingerprint density at radius 1 is 1.06 bits per heavy atom. The molecule has 2 unspecified atom stereocenters. The van der Waals surface area contributed by atoms with E-state index in [0.717, 1.165) is 22.3 Å². The lowest BCUT2D eigenvalue weighted by Crippen LogP contribution is -2.44. The number of hydrogen-bond donors (Lipinski definition) is 2. The van der Waals surface area contributed by atoms with E-state index in [1.54, 1.807) is 20.8 Å².